The lowest BCUT2D eigenvalue weighted by atomic mass is 10.1. The van der Waals surface area contributed by atoms with Gasteiger partial charge in [-0.3, -0.25) is 19.4 Å². The van der Waals surface area contributed by atoms with E-state index < -0.39 is 0 Å². The van der Waals surface area contributed by atoms with Crippen LogP contribution in [-0.4, -0.2) is 32.2 Å². The molecule has 4 aromatic heterocycles. The van der Waals surface area contributed by atoms with Gasteiger partial charge in [0.1, 0.15) is 0 Å². The van der Waals surface area contributed by atoms with E-state index in [4.69, 9.17) is 0 Å². The smallest absolute Gasteiger partial charge is 0.252 e. The number of nitrogens with zero attached hydrogens (tertiary/aromatic N) is 4. The summed E-state index contributed by atoms with van der Waals surface area (Å²) >= 11 is 1.67. The summed E-state index contributed by atoms with van der Waals surface area (Å²) in [4.78, 5) is 21.4. The van der Waals surface area contributed by atoms with Gasteiger partial charge in [0.2, 0.25) is 0 Å². The highest BCUT2D eigenvalue weighted by Gasteiger charge is 2.15. The van der Waals surface area contributed by atoms with Crippen molar-refractivity contribution in [2.45, 2.75) is 6.54 Å². The number of hydrogen-bond donors (Lipinski definition) is 1. The fourth-order valence-electron chi connectivity index (χ4n) is 2.85. The Balaban J connectivity index is 1.55. The molecule has 0 aliphatic rings. The van der Waals surface area contributed by atoms with Crippen molar-refractivity contribution in [1.82, 2.24) is 25.1 Å². The topological polar surface area (TPSA) is 72.7 Å². The van der Waals surface area contributed by atoms with Crippen molar-refractivity contribution < 1.29 is 4.79 Å². The molecule has 1 amide bonds. The fourth-order valence-corrected chi connectivity index (χ4v) is 3.63. The van der Waals surface area contributed by atoms with Gasteiger partial charge in [0, 0.05) is 36.9 Å². The Kier molecular flexibility index (Phi) is 5.02. The molecule has 0 unspecified atom stereocenters. The van der Waals surface area contributed by atoms with Crippen LogP contribution in [0.1, 0.15) is 10.4 Å². The summed E-state index contributed by atoms with van der Waals surface area (Å²) in [5, 5.41) is 9.53. The van der Waals surface area contributed by atoms with E-state index in [0.717, 1.165) is 21.7 Å². The van der Waals surface area contributed by atoms with E-state index in [2.05, 4.69) is 26.4 Å². The van der Waals surface area contributed by atoms with Crippen LogP contribution in [-0.2, 0) is 6.54 Å². The summed E-state index contributed by atoms with van der Waals surface area (Å²) in [6.45, 7) is 1.05. The Labute approximate surface area is 160 Å². The van der Waals surface area contributed by atoms with Crippen molar-refractivity contribution >= 4 is 17.2 Å². The average molecular weight is 375 g/mol. The largest absolute Gasteiger partial charge is 0.350 e. The zero-order valence-corrected chi connectivity index (χ0v) is 15.3. The number of rotatable bonds is 6. The van der Waals surface area contributed by atoms with Crippen molar-refractivity contribution in [1.29, 1.82) is 0 Å². The highest BCUT2D eigenvalue weighted by Crippen LogP contribution is 2.34. The van der Waals surface area contributed by atoms with Crippen LogP contribution in [0.2, 0.25) is 0 Å². The number of thiophene rings is 1. The maximum atomic E-state index is 12.2. The van der Waals surface area contributed by atoms with Gasteiger partial charge in [-0.05, 0) is 41.3 Å². The van der Waals surface area contributed by atoms with Crippen LogP contribution in [0.3, 0.4) is 0 Å². The molecule has 0 aliphatic carbocycles. The van der Waals surface area contributed by atoms with E-state index in [1.54, 1.807) is 48.3 Å². The Morgan fingerprint density at radius 2 is 1.93 bits per heavy atom. The van der Waals surface area contributed by atoms with Crippen LogP contribution < -0.4 is 5.32 Å². The van der Waals surface area contributed by atoms with Crippen LogP contribution in [0, 0.1) is 0 Å². The van der Waals surface area contributed by atoms with E-state index in [9.17, 15) is 4.79 Å². The van der Waals surface area contributed by atoms with Crippen molar-refractivity contribution in [3.05, 3.63) is 78.3 Å². The van der Waals surface area contributed by atoms with E-state index >= 15 is 0 Å². The van der Waals surface area contributed by atoms with Gasteiger partial charge in [-0.1, -0.05) is 6.07 Å². The van der Waals surface area contributed by atoms with Crippen LogP contribution in [0.25, 0.3) is 21.7 Å². The first-order valence-electron chi connectivity index (χ1n) is 8.51. The second-order valence-electron chi connectivity index (χ2n) is 5.84. The molecule has 0 saturated carbocycles. The van der Waals surface area contributed by atoms with Crippen molar-refractivity contribution in [3.63, 3.8) is 0 Å². The molecule has 4 heterocycles. The lowest BCUT2D eigenvalue weighted by molar-refractivity contribution is 0.0951. The highest BCUT2D eigenvalue weighted by atomic mass is 32.1. The molecule has 0 fully saturated rings. The van der Waals surface area contributed by atoms with E-state index in [1.165, 1.54) is 0 Å². The minimum absolute atomic E-state index is 0.137. The first kappa shape index (κ1) is 17.1. The number of amides is 1. The molecule has 1 N–H and O–H groups in total. The molecule has 0 spiro atoms. The van der Waals surface area contributed by atoms with Crippen LogP contribution in [0.15, 0.2) is 72.8 Å². The van der Waals surface area contributed by atoms with Crippen LogP contribution in [0.4, 0.5) is 0 Å². The van der Waals surface area contributed by atoms with Crippen molar-refractivity contribution in [3.8, 4) is 21.7 Å². The third kappa shape index (κ3) is 3.78. The third-order valence-electron chi connectivity index (χ3n) is 4.12. The summed E-state index contributed by atoms with van der Waals surface area (Å²) in [6, 6.07) is 11.5. The summed E-state index contributed by atoms with van der Waals surface area (Å²) in [6.07, 6.45) is 8.63. The molecule has 4 aromatic rings. The molecule has 0 saturated heterocycles. The minimum Gasteiger partial charge on any atom is -0.350 e. The Bertz CT molecular complexity index is 1010. The second-order valence-corrected chi connectivity index (χ2v) is 6.79. The fraction of sp³-hybridized carbons (Fsp3) is 0.100. The molecule has 0 atom stereocenters. The Morgan fingerprint density at radius 1 is 1.04 bits per heavy atom. The molecule has 7 heteroatoms. The highest BCUT2D eigenvalue weighted by molar-refractivity contribution is 7.13. The molecule has 0 bridgehead atoms. The van der Waals surface area contributed by atoms with Gasteiger partial charge in [-0.2, -0.15) is 5.10 Å². The molecule has 134 valence electrons. The van der Waals surface area contributed by atoms with Gasteiger partial charge in [0.05, 0.1) is 28.9 Å². The van der Waals surface area contributed by atoms with Gasteiger partial charge in [-0.15, -0.1) is 11.3 Å². The number of carbonyl (C=O) groups excluding carboxylic acids is 1. The molecule has 0 radical (unpaired) electrons. The van der Waals surface area contributed by atoms with E-state index in [1.807, 2.05) is 34.5 Å². The molecule has 27 heavy (non-hydrogen) atoms. The first-order valence-corrected chi connectivity index (χ1v) is 9.39. The van der Waals surface area contributed by atoms with Gasteiger partial charge < -0.3 is 5.32 Å². The second kappa shape index (κ2) is 7.92. The quantitative estimate of drug-likeness (QED) is 0.560. The number of pyridine rings is 2. The SMILES string of the molecule is O=C(NCCn1ncc(-c2ccncc2)c1-c1cccs1)c1cccnc1. The zero-order chi connectivity index (χ0) is 18.5. The average Bonchev–Trinajstić information content (AvgIpc) is 3.39. The van der Waals surface area contributed by atoms with Gasteiger partial charge >= 0.3 is 0 Å². The number of aromatic nitrogens is 4. The molecule has 6 nitrogen and oxygen atoms in total. The minimum atomic E-state index is -0.137. The van der Waals surface area contributed by atoms with Crippen molar-refractivity contribution in [2.75, 3.05) is 6.54 Å². The maximum Gasteiger partial charge on any atom is 0.252 e. The molecular formula is C20H17N5OS. The van der Waals surface area contributed by atoms with Gasteiger partial charge in [-0.25, -0.2) is 0 Å². The van der Waals surface area contributed by atoms with Crippen LogP contribution >= 0.6 is 11.3 Å². The molecule has 0 aromatic carbocycles. The predicted octanol–water partition coefficient (Wildman–Crippen LogP) is 3.50. The summed E-state index contributed by atoms with van der Waals surface area (Å²) in [5.41, 5.74) is 3.72. The third-order valence-corrected chi connectivity index (χ3v) is 4.99. The summed E-state index contributed by atoms with van der Waals surface area (Å²) in [7, 11) is 0. The molecule has 4 rings (SSSR count). The monoisotopic (exact) mass is 375 g/mol. The lowest BCUT2D eigenvalue weighted by Crippen LogP contribution is -2.27. The summed E-state index contributed by atoms with van der Waals surface area (Å²) < 4.78 is 1.94. The number of hydrogen-bond acceptors (Lipinski definition) is 5. The van der Waals surface area contributed by atoms with Gasteiger partial charge in [0.25, 0.3) is 5.91 Å². The number of nitrogens with one attached hydrogen (secondary N) is 1. The Morgan fingerprint density at radius 3 is 2.67 bits per heavy atom. The maximum absolute atomic E-state index is 12.2. The zero-order valence-electron chi connectivity index (χ0n) is 14.4. The predicted molar refractivity (Wildman–Crippen MR) is 105 cm³/mol. The van der Waals surface area contributed by atoms with E-state index in [-0.39, 0.29) is 5.91 Å². The number of carbonyl (C=O) groups is 1. The standard InChI is InChI=1S/C20H17N5OS/c26-20(16-3-1-7-22-13-16)23-10-11-25-19(18-4-2-12-27-18)17(14-24-25)15-5-8-21-9-6-15/h1-9,12-14H,10-11H2,(H,23,26). The molecule has 0 aliphatic heterocycles. The van der Waals surface area contributed by atoms with Gasteiger partial charge in [0.15, 0.2) is 0 Å². The van der Waals surface area contributed by atoms with Crippen LogP contribution in [0.5, 0.6) is 0 Å². The molecular weight excluding hydrogens is 358 g/mol. The van der Waals surface area contributed by atoms with Crippen molar-refractivity contribution in [2.24, 2.45) is 0 Å². The van der Waals surface area contributed by atoms with E-state index in [0.29, 0.717) is 18.7 Å². The normalized spacial score (nSPS) is 10.7. The lowest BCUT2D eigenvalue weighted by Gasteiger charge is -2.10. The first-order chi connectivity index (χ1) is 13.3. The Hall–Kier alpha value is -3.32. The summed E-state index contributed by atoms with van der Waals surface area (Å²) in [5.74, 6) is -0.137.